The smallest absolute Gasteiger partial charge is 0.0981 e. The molecule has 5 aliphatic rings. The summed E-state index contributed by atoms with van der Waals surface area (Å²) in [7, 11) is 0. The maximum atomic E-state index is 7.23. The third kappa shape index (κ3) is 1.98. The van der Waals surface area contributed by atoms with Crippen molar-refractivity contribution in [3.8, 4) is 0 Å². The molecule has 3 aliphatic carbocycles. The minimum Gasteiger partial charge on any atom is -0.359 e. The molecule has 2 fully saturated rings. The van der Waals surface area contributed by atoms with Crippen LogP contribution in [0.4, 0.5) is 0 Å². The lowest BCUT2D eigenvalue weighted by atomic mass is 9.58. The fourth-order valence-corrected chi connectivity index (χ4v) is 7.48. The molecule has 7 rings (SSSR count). The second-order valence-electron chi connectivity index (χ2n) is 10.4. The molecular weight excluding hydrogens is 368 g/mol. The van der Waals surface area contributed by atoms with Crippen LogP contribution >= 0.6 is 0 Å². The first-order chi connectivity index (χ1) is 14.5. The molecule has 3 nitrogen and oxygen atoms in total. The summed E-state index contributed by atoms with van der Waals surface area (Å²) < 4.78 is 7.23. The molecule has 152 valence electrons. The number of nitrogens with zero attached hydrogens (tertiary/aromatic N) is 1. The lowest BCUT2D eigenvalue weighted by Gasteiger charge is -2.53. The van der Waals surface area contributed by atoms with Crippen LogP contribution in [0.15, 0.2) is 65.9 Å². The van der Waals surface area contributed by atoms with E-state index in [-0.39, 0.29) is 16.6 Å². The Bertz CT molecular complexity index is 1210. The van der Waals surface area contributed by atoms with Gasteiger partial charge in [0.15, 0.2) is 0 Å². The Morgan fingerprint density at radius 2 is 2.13 bits per heavy atom. The van der Waals surface area contributed by atoms with E-state index in [0.717, 1.165) is 50.5 Å². The highest BCUT2D eigenvalue weighted by atomic mass is 16.5. The van der Waals surface area contributed by atoms with Crippen molar-refractivity contribution < 1.29 is 4.74 Å². The number of rotatable bonds is 1. The van der Waals surface area contributed by atoms with Crippen molar-refractivity contribution >= 4 is 16.5 Å². The zero-order valence-electron chi connectivity index (χ0n) is 17.6. The van der Waals surface area contributed by atoms with Crippen LogP contribution in [0.1, 0.15) is 57.4 Å². The number of H-pyrrole nitrogens is 1. The molecule has 1 N–H and O–H groups in total. The normalized spacial score (nSPS) is 39.2. The molecule has 2 aromatic rings. The summed E-state index contributed by atoms with van der Waals surface area (Å²) in [5.74, 6) is 0.507. The second-order valence-corrected chi connectivity index (χ2v) is 10.4. The highest BCUT2D eigenvalue weighted by Crippen LogP contribution is 2.67. The predicted molar refractivity (Wildman–Crippen MR) is 120 cm³/mol. The van der Waals surface area contributed by atoms with Crippen molar-refractivity contribution in [3.05, 3.63) is 71.5 Å². The summed E-state index contributed by atoms with van der Waals surface area (Å²) in [5.41, 5.74) is 8.25. The maximum absolute atomic E-state index is 7.23. The molecule has 30 heavy (non-hydrogen) atoms. The van der Waals surface area contributed by atoms with Crippen LogP contribution in [0.3, 0.4) is 0 Å². The molecule has 3 heteroatoms. The Labute approximate surface area is 177 Å². The van der Waals surface area contributed by atoms with E-state index < -0.39 is 0 Å². The third-order valence-electron chi connectivity index (χ3n) is 8.97. The molecular formula is C27H28N2O. The van der Waals surface area contributed by atoms with Crippen molar-refractivity contribution in [2.45, 2.75) is 63.1 Å². The van der Waals surface area contributed by atoms with E-state index in [9.17, 15) is 0 Å². The summed E-state index contributed by atoms with van der Waals surface area (Å²) in [6.07, 6.45) is 17.3. The van der Waals surface area contributed by atoms with E-state index in [1.165, 1.54) is 33.2 Å². The molecule has 1 unspecified atom stereocenters. The predicted octanol–water partition coefficient (Wildman–Crippen LogP) is 6.27. The monoisotopic (exact) mass is 396 g/mol. The lowest BCUT2D eigenvalue weighted by molar-refractivity contribution is -0.123. The summed E-state index contributed by atoms with van der Waals surface area (Å²) in [4.78, 5) is 0. The van der Waals surface area contributed by atoms with Gasteiger partial charge in [0.1, 0.15) is 0 Å². The summed E-state index contributed by atoms with van der Waals surface area (Å²) >= 11 is 0. The molecule has 2 aliphatic heterocycles. The van der Waals surface area contributed by atoms with Crippen molar-refractivity contribution in [1.82, 2.24) is 10.2 Å². The summed E-state index contributed by atoms with van der Waals surface area (Å²) in [6, 6.07) is 6.73. The Balaban J connectivity index is 1.33. The Morgan fingerprint density at radius 1 is 1.20 bits per heavy atom. The van der Waals surface area contributed by atoms with Crippen LogP contribution in [0.2, 0.25) is 0 Å². The van der Waals surface area contributed by atoms with Crippen LogP contribution in [-0.4, -0.2) is 21.4 Å². The maximum Gasteiger partial charge on any atom is 0.0981 e. The van der Waals surface area contributed by atoms with Crippen molar-refractivity contribution in [1.29, 1.82) is 0 Å². The van der Waals surface area contributed by atoms with Crippen LogP contribution in [0.25, 0.3) is 16.5 Å². The van der Waals surface area contributed by atoms with Crippen LogP contribution in [-0.2, 0) is 4.74 Å². The highest BCUT2D eigenvalue weighted by molar-refractivity contribution is 5.85. The van der Waals surface area contributed by atoms with Gasteiger partial charge >= 0.3 is 0 Å². The quantitative estimate of drug-likeness (QED) is 0.577. The minimum atomic E-state index is -0.119. The van der Waals surface area contributed by atoms with Gasteiger partial charge < -0.3 is 4.74 Å². The molecule has 1 saturated carbocycles. The fourth-order valence-electron chi connectivity index (χ4n) is 7.48. The molecule has 0 radical (unpaired) electrons. The molecule has 4 atom stereocenters. The number of benzene rings is 1. The molecule has 1 aromatic heterocycles. The number of ether oxygens (including phenoxy) is 1. The molecule has 3 heterocycles. The minimum absolute atomic E-state index is 0.0661. The van der Waals surface area contributed by atoms with E-state index in [0.29, 0.717) is 5.92 Å². The topological polar surface area (TPSA) is 37.9 Å². The first-order valence-corrected chi connectivity index (χ1v) is 11.5. The SMILES string of the molecule is C=C1CCC2=CC3=CCC4(C)C(c5ccc6[nH]ncc6c5)=CC[C@H]4[C@@]34CC[C@]2(C1)O4. The number of aromatic nitrogens is 2. The number of fused-ring (bicyclic) bond motifs is 2. The van der Waals surface area contributed by atoms with E-state index in [1.54, 1.807) is 0 Å². The van der Waals surface area contributed by atoms with Crippen LogP contribution in [0.5, 0.6) is 0 Å². The van der Waals surface area contributed by atoms with E-state index >= 15 is 0 Å². The van der Waals surface area contributed by atoms with Gasteiger partial charge in [0.05, 0.1) is 22.9 Å². The van der Waals surface area contributed by atoms with Crippen LogP contribution in [0, 0.1) is 11.3 Å². The van der Waals surface area contributed by atoms with Crippen molar-refractivity contribution in [2.75, 3.05) is 0 Å². The summed E-state index contributed by atoms with van der Waals surface area (Å²) in [6.45, 7) is 6.81. The van der Waals surface area contributed by atoms with Crippen molar-refractivity contribution in [3.63, 3.8) is 0 Å². The van der Waals surface area contributed by atoms with Gasteiger partial charge in [-0.3, -0.25) is 5.10 Å². The number of hydrogen-bond donors (Lipinski definition) is 1. The van der Waals surface area contributed by atoms with E-state index in [1.807, 2.05) is 6.20 Å². The van der Waals surface area contributed by atoms with Crippen molar-refractivity contribution in [2.24, 2.45) is 11.3 Å². The van der Waals surface area contributed by atoms with Gasteiger partial charge in [-0.05, 0) is 72.9 Å². The molecule has 1 saturated heterocycles. The standard InChI is InChI=1S/C27H28N2O/c1-17-3-5-20-14-21-9-10-25(2)22(18-4-7-23-19(13-18)16-28-29-23)6-8-24(25)27(21)12-11-26(20,15-17)30-27/h4,6-7,9,13-14,16,24H,1,3,5,8,10-12,15H2,2H3,(H,28,29)/t24-,25?,26-,27-/m1/s1. The summed E-state index contributed by atoms with van der Waals surface area (Å²) in [5, 5.41) is 8.47. The van der Waals surface area contributed by atoms with Gasteiger partial charge in [-0.15, -0.1) is 0 Å². The zero-order valence-corrected chi connectivity index (χ0v) is 17.6. The third-order valence-corrected chi connectivity index (χ3v) is 8.97. The number of aromatic amines is 1. The van der Waals surface area contributed by atoms with Gasteiger partial charge in [0.25, 0.3) is 0 Å². The van der Waals surface area contributed by atoms with Crippen LogP contribution < -0.4 is 0 Å². The van der Waals surface area contributed by atoms with Gasteiger partial charge in [-0.1, -0.05) is 43.4 Å². The fraction of sp³-hybridized carbons (Fsp3) is 0.444. The molecule has 0 amide bonds. The Hall–Kier alpha value is -2.39. The average molecular weight is 397 g/mol. The number of hydrogen-bond acceptors (Lipinski definition) is 2. The zero-order chi connectivity index (χ0) is 20.1. The van der Waals surface area contributed by atoms with Gasteiger partial charge in [-0.2, -0.15) is 5.10 Å². The largest absolute Gasteiger partial charge is 0.359 e. The Morgan fingerprint density at radius 3 is 3.07 bits per heavy atom. The number of allylic oxidation sites excluding steroid dienone is 3. The Kier molecular flexibility index (Phi) is 3.14. The van der Waals surface area contributed by atoms with Gasteiger partial charge in [0.2, 0.25) is 0 Å². The first kappa shape index (κ1) is 17.3. The second kappa shape index (κ2) is 5.45. The van der Waals surface area contributed by atoms with Gasteiger partial charge in [-0.25, -0.2) is 0 Å². The first-order valence-electron chi connectivity index (χ1n) is 11.5. The van der Waals surface area contributed by atoms with Gasteiger partial charge in [0, 0.05) is 23.1 Å². The van der Waals surface area contributed by atoms with E-state index in [2.05, 4.69) is 60.1 Å². The molecule has 2 bridgehead atoms. The molecule has 2 spiro atoms. The lowest BCUT2D eigenvalue weighted by Crippen LogP contribution is -2.53. The molecule has 1 aromatic carbocycles. The number of nitrogens with one attached hydrogen (secondary N) is 1. The van der Waals surface area contributed by atoms with E-state index in [4.69, 9.17) is 4.74 Å². The highest BCUT2D eigenvalue weighted by Gasteiger charge is 2.64. The average Bonchev–Trinajstić information content (AvgIpc) is 3.41.